The number of nitrogens with zero attached hydrogens (tertiary/aromatic N) is 6. The number of pyridine rings is 2. The summed E-state index contributed by atoms with van der Waals surface area (Å²) in [5.41, 5.74) is 1.36. The molecule has 0 radical (unpaired) electrons. The number of hydrogen-bond donors (Lipinski definition) is 4. The first-order chi connectivity index (χ1) is 36.0. The molecule has 8 amide bonds. The van der Waals surface area contributed by atoms with Crippen LogP contribution in [0.2, 0.25) is 0 Å². The molecule has 2 aliphatic rings. The monoisotopic (exact) mass is 1080 g/mol. The Labute approximate surface area is 447 Å². The van der Waals surface area contributed by atoms with E-state index in [0.29, 0.717) is 21.8 Å². The second-order valence-corrected chi connectivity index (χ2v) is 21.9. The Morgan fingerprint density at radius 3 is 1.28 bits per heavy atom. The van der Waals surface area contributed by atoms with Gasteiger partial charge < -0.3 is 50.3 Å². The fourth-order valence-electron chi connectivity index (χ4n) is 8.83. The van der Waals surface area contributed by atoms with E-state index in [1.54, 1.807) is 88.4 Å². The maximum Gasteiger partial charge on any atom is 0.329 e. The van der Waals surface area contributed by atoms with Gasteiger partial charge in [-0.25, -0.2) is 9.59 Å². The lowest BCUT2D eigenvalue weighted by Gasteiger charge is -2.37. The number of hydrogen-bond acceptors (Lipinski definition) is 16. The SMILES string of the molecule is CC1NC(=O)C(NC(=O)c2cnc3ccccc3c2)COC(=O)C(C(C)C)N(C)C(=O)C2CSSCC(C(=O)N(C)C(C(C)C)C(=O)OCC(NC(=O)c3cnc4ccccc4c3)C(=O)NC(C)C(=O)N2C)N(C)C1=O. The standard InChI is InChI=1S/C52H64N10O12S2/c1-27(2)41-51(71)73-23-37(57-43(63)33-19-31-15-11-13-17-35(31)53-21-33)45(65)55-30(6)48(68)60(8)40-26-76-75-25-39(49(69)61(41)9)59(7)47(67)29(5)56-46(66)38(24-74-52(72)42(28(3)4)62(10)50(40)70)58-44(64)34-20-32-16-12-14-18-36(32)54-22-34/h11-22,27-30,37-42H,23-26H2,1-10H3,(H,55,65)(H,56,66)(H,57,63)(H,58,64). The number of aromatic nitrogens is 2. The van der Waals surface area contributed by atoms with Gasteiger partial charge >= 0.3 is 11.9 Å². The largest absolute Gasteiger partial charge is 0.461 e. The smallest absolute Gasteiger partial charge is 0.329 e. The molecular formula is C52H64N10O12S2. The quantitative estimate of drug-likeness (QED) is 0.158. The van der Waals surface area contributed by atoms with Crippen molar-refractivity contribution in [3.8, 4) is 0 Å². The van der Waals surface area contributed by atoms with Gasteiger partial charge in [0.25, 0.3) is 11.8 Å². The summed E-state index contributed by atoms with van der Waals surface area (Å²) in [5.74, 6) is -9.81. The number of carbonyl (C=O) groups is 10. The van der Waals surface area contributed by atoms with E-state index in [0.717, 1.165) is 41.2 Å². The van der Waals surface area contributed by atoms with Gasteiger partial charge in [0.05, 0.1) is 22.2 Å². The molecular weight excluding hydrogens is 1020 g/mol. The number of benzene rings is 2. The number of ether oxygens (including phenoxy) is 2. The summed E-state index contributed by atoms with van der Waals surface area (Å²) in [6, 6.07) is 5.99. The molecule has 2 saturated heterocycles. The Bertz CT molecular complexity index is 2700. The highest BCUT2D eigenvalue weighted by atomic mass is 33.1. The van der Waals surface area contributed by atoms with Gasteiger partial charge in [-0.2, -0.15) is 0 Å². The number of amides is 8. The lowest BCUT2D eigenvalue weighted by Crippen LogP contribution is -2.60. The van der Waals surface area contributed by atoms with Crippen molar-refractivity contribution in [3.05, 3.63) is 84.2 Å². The van der Waals surface area contributed by atoms with Crippen molar-refractivity contribution < 1.29 is 57.4 Å². The lowest BCUT2D eigenvalue weighted by atomic mass is 10.0. The van der Waals surface area contributed by atoms with E-state index < -0.39 is 133 Å². The number of rotatable bonds is 6. The molecule has 8 atom stereocenters. The molecule has 2 aromatic carbocycles. The minimum Gasteiger partial charge on any atom is -0.461 e. The molecule has 76 heavy (non-hydrogen) atoms. The minimum atomic E-state index is -1.61. The summed E-state index contributed by atoms with van der Waals surface area (Å²) in [7, 11) is 7.55. The Balaban J connectivity index is 1.39. The average Bonchev–Trinajstić information content (AvgIpc) is 3.39. The molecule has 4 heterocycles. The predicted molar refractivity (Wildman–Crippen MR) is 284 cm³/mol. The average molecular weight is 1090 g/mol. The van der Waals surface area contributed by atoms with Crippen molar-refractivity contribution in [1.82, 2.24) is 50.8 Å². The van der Waals surface area contributed by atoms with Crippen LogP contribution in [0.4, 0.5) is 0 Å². The summed E-state index contributed by atoms with van der Waals surface area (Å²) in [5, 5.41) is 11.6. The number of carbonyl (C=O) groups excluding carboxylic acids is 10. The third kappa shape index (κ3) is 13.5. The number of para-hydroxylation sites is 2. The molecule has 8 unspecified atom stereocenters. The van der Waals surface area contributed by atoms with Crippen LogP contribution in [0.25, 0.3) is 21.8 Å². The van der Waals surface area contributed by atoms with Gasteiger partial charge in [0, 0.05) is 62.9 Å². The highest BCUT2D eigenvalue weighted by molar-refractivity contribution is 8.76. The molecule has 4 N–H and O–H groups in total. The van der Waals surface area contributed by atoms with E-state index in [-0.39, 0.29) is 22.6 Å². The van der Waals surface area contributed by atoms with Gasteiger partial charge in [-0.1, -0.05) is 85.7 Å². The van der Waals surface area contributed by atoms with Crippen LogP contribution in [-0.2, 0) is 47.8 Å². The summed E-state index contributed by atoms with van der Waals surface area (Å²) >= 11 is 0. The van der Waals surface area contributed by atoms with Crippen LogP contribution in [0, 0.1) is 11.8 Å². The topological polar surface area (TPSA) is 276 Å². The summed E-state index contributed by atoms with van der Waals surface area (Å²) in [6.07, 6.45) is 2.63. The minimum absolute atomic E-state index is 0.0712. The van der Waals surface area contributed by atoms with Crippen molar-refractivity contribution in [2.45, 2.75) is 89.9 Å². The molecule has 0 spiro atoms. The molecule has 4 aromatic rings. The first kappa shape index (κ1) is 57.9. The third-order valence-corrected chi connectivity index (χ3v) is 15.6. The summed E-state index contributed by atoms with van der Waals surface area (Å²) < 4.78 is 11.5. The van der Waals surface area contributed by atoms with Gasteiger partial charge in [0.15, 0.2) is 0 Å². The number of fused-ring (bicyclic) bond motifs is 7. The molecule has 2 bridgehead atoms. The van der Waals surface area contributed by atoms with E-state index in [1.165, 1.54) is 54.4 Å². The molecule has 6 rings (SSSR count). The van der Waals surface area contributed by atoms with Crippen molar-refractivity contribution in [3.63, 3.8) is 0 Å². The second kappa shape index (κ2) is 25.5. The third-order valence-electron chi connectivity index (χ3n) is 13.2. The number of nitrogens with one attached hydrogen (secondary N) is 4. The Kier molecular flexibility index (Phi) is 19.4. The van der Waals surface area contributed by atoms with Gasteiger partial charge in [-0.15, -0.1) is 0 Å². The first-order valence-corrected chi connectivity index (χ1v) is 27.1. The van der Waals surface area contributed by atoms with Gasteiger partial charge in [0.1, 0.15) is 61.5 Å². The summed E-state index contributed by atoms with van der Waals surface area (Å²) in [4.78, 5) is 156. The van der Waals surface area contributed by atoms with Crippen LogP contribution < -0.4 is 21.3 Å². The summed E-state index contributed by atoms with van der Waals surface area (Å²) in [6.45, 7) is 7.85. The molecule has 406 valence electrons. The number of cyclic esters (lactones) is 2. The zero-order valence-electron chi connectivity index (χ0n) is 43.9. The maximum atomic E-state index is 14.8. The molecule has 22 nitrogen and oxygen atoms in total. The predicted octanol–water partition coefficient (Wildman–Crippen LogP) is 1.80. The number of likely N-dealkylation sites (N-methyl/N-ethyl adjacent to an activating group) is 4. The van der Waals surface area contributed by atoms with Gasteiger partial charge in [0.2, 0.25) is 35.4 Å². The highest BCUT2D eigenvalue weighted by Gasteiger charge is 2.42. The van der Waals surface area contributed by atoms with Crippen molar-refractivity contribution in [2.75, 3.05) is 52.9 Å². The Morgan fingerprint density at radius 1 is 0.566 bits per heavy atom. The fraction of sp³-hybridized carbons (Fsp3) is 0.462. The van der Waals surface area contributed by atoms with Crippen LogP contribution in [0.3, 0.4) is 0 Å². The molecule has 24 heteroatoms. The van der Waals surface area contributed by atoms with E-state index in [9.17, 15) is 47.9 Å². The van der Waals surface area contributed by atoms with Crippen LogP contribution in [0.1, 0.15) is 62.3 Å². The van der Waals surface area contributed by atoms with E-state index in [4.69, 9.17) is 9.47 Å². The Morgan fingerprint density at radius 2 is 0.921 bits per heavy atom. The van der Waals surface area contributed by atoms with Crippen LogP contribution >= 0.6 is 21.6 Å². The van der Waals surface area contributed by atoms with Crippen LogP contribution in [0.5, 0.6) is 0 Å². The zero-order chi connectivity index (χ0) is 55.7. The van der Waals surface area contributed by atoms with E-state index in [2.05, 4.69) is 31.2 Å². The molecule has 2 fully saturated rings. The molecule has 0 aliphatic carbocycles. The molecule has 2 aliphatic heterocycles. The Hall–Kier alpha value is -7.34. The van der Waals surface area contributed by atoms with Crippen LogP contribution in [-0.4, -0.2) is 190 Å². The zero-order valence-corrected chi connectivity index (χ0v) is 45.6. The van der Waals surface area contributed by atoms with E-state index >= 15 is 0 Å². The van der Waals surface area contributed by atoms with Crippen molar-refractivity contribution in [2.24, 2.45) is 11.8 Å². The number of esters is 2. The maximum absolute atomic E-state index is 14.8. The fourth-order valence-corrected chi connectivity index (χ4v) is 11.4. The second-order valence-electron chi connectivity index (χ2n) is 19.4. The van der Waals surface area contributed by atoms with Gasteiger partial charge in [-0.05, 0) is 49.9 Å². The molecule has 0 saturated carbocycles. The van der Waals surface area contributed by atoms with Crippen molar-refractivity contribution in [1.29, 1.82) is 0 Å². The lowest BCUT2D eigenvalue weighted by molar-refractivity contribution is -0.160. The van der Waals surface area contributed by atoms with Crippen molar-refractivity contribution >= 4 is 103 Å². The van der Waals surface area contributed by atoms with Gasteiger partial charge in [-0.3, -0.25) is 48.3 Å². The normalized spacial score (nSPS) is 24.7. The first-order valence-electron chi connectivity index (χ1n) is 24.6. The van der Waals surface area contributed by atoms with Crippen LogP contribution in [0.15, 0.2) is 73.1 Å². The molecule has 2 aromatic heterocycles. The highest BCUT2D eigenvalue weighted by Crippen LogP contribution is 2.29. The van der Waals surface area contributed by atoms with E-state index in [1.807, 2.05) is 0 Å².